The lowest BCUT2D eigenvalue weighted by Crippen LogP contribution is -2.42. The van der Waals surface area contributed by atoms with Crippen LogP contribution in [0.3, 0.4) is 0 Å². The number of hydrogen-bond acceptors (Lipinski definition) is 3. The van der Waals surface area contributed by atoms with Crippen molar-refractivity contribution in [3.63, 3.8) is 0 Å². The van der Waals surface area contributed by atoms with E-state index in [0.717, 1.165) is 11.3 Å². The fraction of sp³-hybridized carbons (Fsp3) is 0.462. The molecule has 94 valence electrons. The number of rotatable bonds is 6. The van der Waals surface area contributed by atoms with E-state index in [0.29, 0.717) is 6.42 Å². The third-order valence-electron chi connectivity index (χ3n) is 2.45. The van der Waals surface area contributed by atoms with Crippen LogP contribution in [-0.4, -0.2) is 30.3 Å². The van der Waals surface area contributed by atoms with Gasteiger partial charge < -0.3 is 15.2 Å². The normalized spacial score (nSPS) is 12.5. The number of methoxy groups -OCH3 is 1. The molecule has 0 heterocycles. The van der Waals surface area contributed by atoms with E-state index in [-0.39, 0.29) is 6.04 Å². The molecule has 1 atom stereocenters. The van der Waals surface area contributed by atoms with Crippen molar-refractivity contribution < 1.29 is 14.6 Å². The lowest BCUT2D eigenvalue weighted by molar-refractivity contribution is -0.139. The Morgan fingerprint density at radius 1 is 1.41 bits per heavy atom. The van der Waals surface area contributed by atoms with Gasteiger partial charge in [-0.25, -0.2) is 0 Å². The molecule has 0 aliphatic carbocycles. The Kier molecular flexibility index (Phi) is 4.97. The van der Waals surface area contributed by atoms with Gasteiger partial charge >= 0.3 is 5.97 Å². The van der Waals surface area contributed by atoms with Crippen molar-refractivity contribution in [2.75, 3.05) is 7.11 Å². The van der Waals surface area contributed by atoms with Crippen molar-refractivity contribution >= 4 is 5.97 Å². The molecular weight excluding hydrogens is 218 g/mol. The molecule has 0 spiro atoms. The van der Waals surface area contributed by atoms with E-state index >= 15 is 0 Å². The monoisotopic (exact) mass is 237 g/mol. The molecular formula is C13H19NO3. The molecule has 0 aromatic heterocycles. The summed E-state index contributed by atoms with van der Waals surface area (Å²) < 4.78 is 5.21. The number of carbonyl (C=O) groups is 1. The molecule has 4 nitrogen and oxygen atoms in total. The first-order chi connectivity index (χ1) is 8.04. The van der Waals surface area contributed by atoms with Gasteiger partial charge in [0.1, 0.15) is 11.8 Å². The third-order valence-corrected chi connectivity index (χ3v) is 2.45. The van der Waals surface area contributed by atoms with Crippen LogP contribution in [0.4, 0.5) is 0 Å². The van der Waals surface area contributed by atoms with Crippen LogP contribution in [0.15, 0.2) is 24.3 Å². The zero-order valence-electron chi connectivity index (χ0n) is 10.4. The molecule has 4 heteroatoms. The number of para-hydroxylation sites is 1. The second-order valence-corrected chi connectivity index (χ2v) is 4.23. The van der Waals surface area contributed by atoms with E-state index in [2.05, 4.69) is 5.32 Å². The Morgan fingerprint density at radius 3 is 2.59 bits per heavy atom. The van der Waals surface area contributed by atoms with Gasteiger partial charge in [-0.15, -0.1) is 0 Å². The highest BCUT2D eigenvalue weighted by Crippen LogP contribution is 2.19. The molecule has 1 aromatic carbocycles. The van der Waals surface area contributed by atoms with Crippen molar-refractivity contribution in [3.8, 4) is 5.75 Å². The quantitative estimate of drug-likeness (QED) is 0.790. The Hall–Kier alpha value is -1.55. The average Bonchev–Trinajstić information content (AvgIpc) is 2.28. The maximum atomic E-state index is 11.1. The van der Waals surface area contributed by atoms with Gasteiger partial charge in [0.15, 0.2) is 0 Å². The summed E-state index contributed by atoms with van der Waals surface area (Å²) >= 11 is 0. The largest absolute Gasteiger partial charge is 0.496 e. The SMILES string of the molecule is COc1ccccc1CC(NC(C)C)C(=O)O. The van der Waals surface area contributed by atoms with Crippen LogP contribution in [0.5, 0.6) is 5.75 Å². The van der Waals surface area contributed by atoms with E-state index < -0.39 is 12.0 Å². The number of nitrogens with one attached hydrogen (secondary N) is 1. The fourth-order valence-corrected chi connectivity index (χ4v) is 1.71. The Balaban J connectivity index is 2.82. The molecule has 0 radical (unpaired) electrons. The fourth-order valence-electron chi connectivity index (χ4n) is 1.71. The lowest BCUT2D eigenvalue weighted by Gasteiger charge is -2.18. The topological polar surface area (TPSA) is 58.6 Å². The van der Waals surface area contributed by atoms with E-state index in [1.807, 2.05) is 38.1 Å². The summed E-state index contributed by atoms with van der Waals surface area (Å²) in [6, 6.07) is 7.01. The maximum Gasteiger partial charge on any atom is 0.321 e. The molecule has 17 heavy (non-hydrogen) atoms. The van der Waals surface area contributed by atoms with Gasteiger partial charge in [0.05, 0.1) is 7.11 Å². The lowest BCUT2D eigenvalue weighted by atomic mass is 10.0. The number of ether oxygens (including phenoxy) is 1. The molecule has 1 aromatic rings. The highest BCUT2D eigenvalue weighted by Gasteiger charge is 2.19. The molecule has 1 unspecified atom stereocenters. The minimum atomic E-state index is -0.843. The van der Waals surface area contributed by atoms with Gasteiger partial charge in [-0.05, 0) is 11.6 Å². The zero-order valence-corrected chi connectivity index (χ0v) is 10.4. The predicted octanol–water partition coefficient (Wildman–Crippen LogP) is 1.69. The van der Waals surface area contributed by atoms with Crippen LogP contribution in [0.2, 0.25) is 0 Å². The summed E-state index contributed by atoms with van der Waals surface area (Å²) in [4.78, 5) is 11.1. The molecule has 0 saturated heterocycles. The number of carboxylic acids is 1. The second kappa shape index (κ2) is 6.25. The molecule has 0 fully saturated rings. The van der Waals surface area contributed by atoms with Gasteiger partial charge in [0.2, 0.25) is 0 Å². The highest BCUT2D eigenvalue weighted by atomic mass is 16.5. The third kappa shape index (κ3) is 4.07. The molecule has 0 aliphatic heterocycles. The van der Waals surface area contributed by atoms with Crippen LogP contribution in [-0.2, 0) is 11.2 Å². The van der Waals surface area contributed by atoms with Gasteiger partial charge in [0, 0.05) is 12.5 Å². The molecule has 0 saturated carbocycles. The minimum Gasteiger partial charge on any atom is -0.496 e. The molecule has 0 bridgehead atoms. The summed E-state index contributed by atoms with van der Waals surface area (Å²) in [5.74, 6) is -0.117. The molecule has 0 amide bonds. The predicted molar refractivity (Wildman–Crippen MR) is 66.4 cm³/mol. The number of hydrogen-bond donors (Lipinski definition) is 2. The van der Waals surface area contributed by atoms with Crippen molar-refractivity contribution in [3.05, 3.63) is 29.8 Å². The second-order valence-electron chi connectivity index (χ2n) is 4.23. The maximum absolute atomic E-state index is 11.1. The molecule has 1 rings (SSSR count). The van der Waals surface area contributed by atoms with Crippen molar-refractivity contribution in [1.82, 2.24) is 5.32 Å². The minimum absolute atomic E-state index is 0.130. The van der Waals surface area contributed by atoms with Crippen LogP contribution < -0.4 is 10.1 Å². The van der Waals surface area contributed by atoms with E-state index in [1.54, 1.807) is 7.11 Å². The number of carboxylic acid groups (broad SMARTS) is 1. The first-order valence-corrected chi connectivity index (χ1v) is 5.65. The summed E-state index contributed by atoms with van der Waals surface area (Å²) in [6.07, 6.45) is 0.414. The first kappa shape index (κ1) is 13.5. The summed E-state index contributed by atoms with van der Waals surface area (Å²) in [5.41, 5.74) is 0.899. The smallest absolute Gasteiger partial charge is 0.321 e. The van der Waals surface area contributed by atoms with Gasteiger partial charge in [0.25, 0.3) is 0 Å². The Morgan fingerprint density at radius 2 is 2.06 bits per heavy atom. The Labute approximate surface area is 102 Å². The molecule has 0 aliphatic rings. The zero-order chi connectivity index (χ0) is 12.8. The van der Waals surface area contributed by atoms with Crippen molar-refractivity contribution in [1.29, 1.82) is 0 Å². The summed E-state index contributed by atoms with van der Waals surface area (Å²) in [5, 5.41) is 12.2. The van der Waals surface area contributed by atoms with E-state index in [4.69, 9.17) is 9.84 Å². The first-order valence-electron chi connectivity index (χ1n) is 5.65. The summed E-state index contributed by atoms with van der Waals surface area (Å²) in [7, 11) is 1.59. The van der Waals surface area contributed by atoms with Crippen LogP contribution in [0.25, 0.3) is 0 Å². The van der Waals surface area contributed by atoms with Crippen LogP contribution >= 0.6 is 0 Å². The van der Waals surface area contributed by atoms with Crippen LogP contribution in [0.1, 0.15) is 19.4 Å². The molecule has 2 N–H and O–H groups in total. The van der Waals surface area contributed by atoms with Crippen molar-refractivity contribution in [2.24, 2.45) is 0 Å². The van der Waals surface area contributed by atoms with Crippen molar-refractivity contribution in [2.45, 2.75) is 32.4 Å². The van der Waals surface area contributed by atoms with E-state index in [9.17, 15) is 4.79 Å². The summed E-state index contributed by atoms with van der Waals surface area (Å²) in [6.45, 7) is 3.86. The van der Waals surface area contributed by atoms with Crippen LogP contribution in [0, 0.1) is 0 Å². The van der Waals surface area contributed by atoms with E-state index in [1.165, 1.54) is 0 Å². The Bertz CT molecular complexity index is 377. The highest BCUT2D eigenvalue weighted by molar-refractivity contribution is 5.74. The van der Waals surface area contributed by atoms with Gasteiger partial charge in [-0.2, -0.15) is 0 Å². The average molecular weight is 237 g/mol. The standard InChI is InChI=1S/C13H19NO3/c1-9(2)14-11(13(15)16)8-10-6-4-5-7-12(10)17-3/h4-7,9,11,14H,8H2,1-3H3,(H,15,16). The van der Waals surface area contributed by atoms with Gasteiger partial charge in [-0.3, -0.25) is 4.79 Å². The number of aliphatic carboxylic acids is 1. The van der Waals surface area contributed by atoms with Gasteiger partial charge in [-0.1, -0.05) is 32.0 Å². The number of benzene rings is 1.